The lowest BCUT2D eigenvalue weighted by Gasteiger charge is -1.84. The second-order valence-electron chi connectivity index (χ2n) is 2.23. The number of nitrogens with zero attached hydrogens (tertiary/aromatic N) is 3. The summed E-state index contributed by atoms with van der Waals surface area (Å²) in [5.41, 5.74) is 0.533. The van der Waals surface area contributed by atoms with E-state index in [2.05, 4.69) is 15.0 Å². The monoisotopic (exact) mass is 159 g/mol. The van der Waals surface area contributed by atoms with E-state index in [0.29, 0.717) is 11.0 Å². The molecule has 0 fully saturated rings. The molecule has 4 heteroatoms. The Kier molecular flexibility index (Phi) is 1.51. The van der Waals surface area contributed by atoms with Crippen LogP contribution in [0.3, 0.4) is 0 Å². The summed E-state index contributed by atoms with van der Waals surface area (Å²) >= 11 is 0. The van der Waals surface area contributed by atoms with E-state index in [1.165, 1.54) is 12.4 Å². The molecule has 2 heterocycles. The van der Waals surface area contributed by atoms with Crippen LogP contribution in [-0.4, -0.2) is 15.0 Å². The summed E-state index contributed by atoms with van der Waals surface area (Å²) in [5, 5.41) is 0. The van der Waals surface area contributed by atoms with Gasteiger partial charge in [0.15, 0.2) is 5.52 Å². The Hall–Kier alpha value is -1.84. The second-order valence-corrected chi connectivity index (χ2v) is 2.23. The Morgan fingerprint density at radius 1 is 1.00 bits per heavy atom. The van der Waals surface area contributed by atoms with Gasteiger partial charge in [0.05, 0.1) is 5.52 Å². The zero-order valence-corrected chi connectivity index (χ0v) is 6.14. The molecule has 12 heavy (non-hydrogen) atoms. The maximum Gasteiger partial charge on any atom is 0.297 e. The molecule has 0 radical (unpaired) electrons. The van der Waals surface area contributed by atoms with E-state index >= 15 is 0 Å². The van der Waals surface area contributed by atoms with Crippen LogP contribution in [0.25, 0.3) is 11.0 Å². The minimum absolute atomic E-state index is 0.308. The molecule has 0 atom stereocenters. The number of hydrogen-bond donors (Lipinski definition) is 0. The molecular formula is C8H5N3O. The second kappa shape index (κ2) is 2.65. The molecule has 2 aromatic rings. The van der Waals surface area contributed by atoms with E-state index in [1.807, 2.05) is 0 Å². The maximum absolute atomic E-state index is 11.2. The lowest BCUT2D eigenvalue weighted by molar-refractivity contribution is 1.26. The molecule has 0 amide bonds. The summed E-state index contributed by atoms with van der Waals surface area (Å²) < 4.78 is 0. The maximum atomic E-state index is 11.2. The normalized spacial score (nSPS) is 10.0. The largest absolute Gasteiger partial charge is 0.297 e. The van der Waals surface area contributed by atoms with Gasteiger partial charge in [-0.2, -0.15) is 0 Å². The first-order chi connectivity index (χ1) is 5.88. The molecule has 58 valence electrons. The van der Waals surface area contributed by atoms with Crippen molar-refractivity contribution in [2.24, 2.45) is 0 Å². The SMILES string of the molecule is O=c1nccnc2cccnc12. The highest BCUT2D eigenvalue weighted by molar-refractivity contribution is 5.71. The average molecular weight is 159 g/mol. The Labute approximate surface area is 67.9 Å². The molecule has 2 rings (SSSR count). The fraction of sp³-hybridized carbons (Fsp3) is 0. The highest BCUT2D eigenvalue weighted by Crippen LogP contribution is 1.97. The molecular weight excluding hydrogens is 154 g/mol. The quantitative estimate of drug-likeness (QED) is 0.557. The van der Waals surface area contributed by atoms with Gasteiger partial charge in [-0.05, 0) is 12.1 Å². The van der Waals surface area contributed by atoms with Gasteiger partial charge in [-0.1, -0.05) is 0 Å². The zero-order chi connectivity index (χ0) is 8.39. The lowest BCUT2D eigenvalue weighted by atomic mass is 10.4. The van der Waals surface area contributed by atoms with Crippen LogP contribution in [0.15, 0.2) is 35.5 Å². The number of pyridine rings is 1. The molecule has 0 unspecified atom stereocenters. The standard InChI is InChI=1S/C8H5N3O/c12-8-7-6(2-1-3-10-7)9-4-5-11-8/h1-5H. The number of fused-ring (bicyclic) bond motifs is 1. The molecule has 2 aromatic heterocycles. The van der Waals surface area contributed by atoms with E-state index in [4.69, 9.17) is 0 Å². The van der Waals surface area contributed by atoms with Gasteiger partial charge in [0, 0.05) is 18.6 Å². The topological polar surface area (TPSA) is 55.7 Å². The number of rotatable bonds is 0. The average Bonchev–Trinajstić information content (AvgIpc) is 2.29. The van der Waals surface area contributed by atoms with Crippen LogP contribution in [-0.2, 0) is 0 Å². The van der Waals surface area contributed by atoms with Crippen molar-refractivity contribution in [3.8, 4) is 0 Å². The van der Waals surface area contributed by atoms with Crippen molar-refractivity contribution in [1.82, 2.24) is 15.0 Å². The summed E-state index contributed by atoms with van der Waals surface area (Å²) in [6.07, 6.45) is 4.39. The van der Waals surface area contributed by atoms with Crippen molar-refractivity contribution in [2.75, 3.05) is 0 Å². The highest BCUT2D eigenvalue weighted by Gasteiger charge is 1.95. The molecule has 4 nitrogen and oxygen atoms in total. The van der Waals surface area contributed by atoms with Gasteiger partial charge in [-0.25, -0.2) is 9.97 Å². The molecule has 0 saturated heterocycles. The highest BCUT2D eigenvalue weighted by atomic mass is 16.1. The third-order valence-corrected chi connectivity index (χ3v) is 1.46. The van der Waals surface area contributed by atoms with Gasteiger partial charge in [0.25, 0.3) is 5.56 Å². The number of hydrogen-bond acceptors (Lipinski definition) is 4. The molecule has 0 bridgehead atoms. The van der Waals surface area contributed by atoms with E-state index in [1.54, 1.807) is 18.3 Å². The molecule has 0 aromatic carbocycles. The summed E-state index contributed by atoms with van der Waals surface area (Å²) in [7, 11) is 0. The van der Waals surface area contributed by atoms with Gasteiger partial charge in [0.1, 0.15) is 0 Å². The van der Waals surface area contributed by atoms with Gasteiger partial charge in [-0.15, -0.1) is 0 Å². The van der Waals surface area contributed by atoms with Crippen molar-refractivity contribution >= 4 is 11.0 Å². The summed E-state index contributed by atoms with van der Waals surface area (Å²) in [4.78, 5) is 22.6. The first-order valence-electron chi connectivity index (χ1n) is 3.44. The number of aromatic nitrogens is 3. The third kappa shape index (κ3) is 1.03. The minimum Gasteiger partial charge on any atom is -0.265 e. The van der Waals surface area contributed by atoms with Gasteiger partial charge < -0.3 is 0 Å². The van der Waals surface area contributed by atoms with E-state index < -0.39 is 0 Å². The van der Waals surface area contributed by atoms with Gasteiger partial charge in [0.2, 0.25) is 0 Å². The van der Waals surface area contributed by atoms with Gasteiger partial charge >= 0.3 is 0 Å². The molecule has 0 aliphatic heterocycles. The van der Waals surface area contributed by atoms with Crippen LogP contribution in [0.5, 0.6) is 0 Å². The predicted octanol–water partition coefficient (Wildman–Crippen LogP) is 0.385. The minimum atomic E-state index is -0.344. The summed E-state index contributed by atoms with van der Waals surface area (Å²) in [5.74, 6) is 0. The van der Waals surface area contributed by atoms with Crippen molar-refractivity contribution in [3.63, 3.8) is 0 Å². The van der Waals surface area contributed by atoms with E-state index in [9.17, 15) is 4.79 Å². The zero-order valence-electron chi connectivity index (χ0n) is 6.14. The first kappa shape index (κ1) is 6.84. The van der Waals surface area contributed by atoms with E-state index in [0.717, 1.165) is 0 Å². The van der Waals surface area contributed by atoms with Crippen molar-refractivity contribution in [3.05, 3.63) is 41.1 Å². The van der Waals surface area contributed by atoms with E-state index in [-0.39, 0.29) is 5.56 Å². The van der Waals surface area contributed by atoms with Gasteiger partial charge in [-0.3, -0.25) is 9.78 Å². The Morgan fingerprint density at radius 2 is 1.83 bits per heavy atom. The molecule has 0 N–H and O–H groups in total. The summed E-state index contributed by atoms with van der Waals surface area (Å²) in [6.45, 7) is 0. The third-order valence-electron chi connectivity index (χ3n) is 1.46. The van der Waals surface area contributed by atoms with Crippen LogP contribution < -0.4 is 5.56 Å². The molecule has 0 saturated carbocycles. The molecule has 0 aliphatic rings. The van der Waals surface area contributed by atoms with Crippen molar-refractivity contribution in [1.29, 1.82) is 0 Å². The van der Waals surface area contributed by atoms with Crippen LogP contribution in [0.1, 0.15) is 0 Å². The predicted molar refractivity (Wildman–Crippen MR) is 43.6 cm³/mol. The fourth-order valence-corrected chi connectivity index (χ4v) is 0.942. The Balaban J connectivity index is 3.06. The van der Waals surface area contributed by atoms with Crippen LogP contribution in [0.4, 0.5) is 0 Å². The van der Waals surface area contributed by atoms with Crippen LogP contribution in [0, 0.1) is 0 Å². The fourth-order valence-electron chi connectivity index (χ4n) is 0.942. The Bertz CT molecular complexity index is 469. The van der Waals surface area contributed by atoms with Crippen molar-refractivity contribution < 1.29 is 0 Å². The van der Waals surface area contributed by atoms with Crippen LogP contribution in [0.2, 0.25) is 0 Å². The molecule has 0 aliphatic carbocycles. The summed E-state index contributed by atoms with van der Waals surface area (Å²) in [6, 6.07) is 3.46. The molecule has 0 spiro atoms. The lowest BCUT2D eigenvalue weighted by Crippen LogP contribution is -2.02. The van der Waals surface area contributed by atoms with Crippen LogP contribution >= 0.6 is 0 Å². The van der Waals surface area contributed by atoms with Crippen molar-refractivity contribution in [2.45, 2.75) is 0 Å². The first-order valence-corrected chi connectivity index (χ1v) is 3.44. The smallest absolute Gasteiger partial charge is 0.265 e. The Morgan fingerprint density at radius 3 is 2.75 bits per heavy atom.